The number of guanidine groups is 1. The fourth-order valence-electron chi connectivity index (χ4n) is 3.58. The molecule has 0 aliphatic carbocycles. The molecule has 0 saturated carbocycles. The lowest BCUT2D eigenvalue weighted by atomic mass is 10.1. The maximum atomic E-state index is 5.37. The van der Waals surface area contributed by atoms with E-state index >= 15 is 0 Å². The van der Waals surface area contributed by atoms with Gasteiger partial charge >= 0.3 is 0 Å². The fraction of sp³-hybridized carbons (Fsp3) is 0.682. The molecule has 1 aliphatic heterocycles. The minimum atomic E-state index is 0.758. The molecule has 1 saturated heterocycles. The zero-order chi connectivity index (χ0) is 20.9. The number of likely N-dealkylation sites (N-methyl/N-ethyl adjacent to an activating group) is 1. The van der Waals surface area contributed by atoms with Crippen LogP contribution in [0.5, 0.6) is 11.5 Å². The van der Waals surface area contributed by atoms with E-state index in [1.165, 1.54) is 51.3 Å². The first-order chi connectivity index (χ1) is 14.2. The van der Waals surface area contributed by atoms with Crippen LogP contribution < -0.4 is 20.1 Å². The van der Waals surface area contributed by atoms with Crippen molar-refractivity contribution in [3.8, 4) is 11.5 Å². The SMILES string of the molecule is CCN1CCN(CCCCNC(=NC)NCCc2ccc(OC)c(OC)c2)CC1. The number of aliphatic imine (C=N–C) groups is 1. The highest BCUT2D eigenvalue weighted by Gasteiger charge is 2.14. The second-order valence-corrected chi connectivity index (χ2v) is 7.35. The van der Waals surface area contributed by atoms with E-state index in [1.807, 2.05) is 19.2 Å². The first-order valence-corrected chi connectivity index (χ1v) is 10.8. The number of nitrogens with one attached hydrogen (secondary N) is 2. The Morgan fingerprint density at radius 3 is 2.31 bits per heavy atom. The van der Waals surface area contributed by atoms with Crippen LogP contribution in [-0.4, -0.2) is 89.4 Å². The van der Waals surface area contributed by atoms with Crippen molar-refractivity contribution in [2.24, 2.45) is 4.99 Å². The summed E-state index contributed by atoms with van der Waals surface area (Å²) in [7, 11) is 5.14. The Morgan fingerprint density at radius 2 is 1.66 bits per heavy atom. The predicted molar refractivity (Wildman–Crippen MR) is 120 cm³/mol. The molecule has 7 heteroatoms. The van der Waals surface area contributed by atoms with Crippen molar-refractivity contribution >= 4 is 5.96 Å². The van der Waals surface area contributed by atoms with Crippen molar-refractivity contribution in [1.29, 1.82) is 0 Å². The van der Waals surface area contributed by atoms with Crippen molar-refractivity contribution < 1.29 is 9.47 Å². The van der Waals surface area contributed by atoms with Crippen molar-refractivity contribution in [3.05, 3.63) is 23.8 Å². The standard InChI is InChI=1S/C22H39N5O2/c1-5-26-14-16-27(17-15-26)13-7-6-11-24-22(23-2)25-12-10-19-8-9-20(28-3)21(18-19)29-4/h8-9,18H,5-7,10-17H2,1-4H3,(H2,23,24,25). The summed E-state index contributed by atoms with van der Waals surface area (Å²) in [5.41, 5.74) is 1.20. The van der Waals surface area contributed by atoms with Gasteiger partial charge in [-0.2, -0.15) is 0 Å². The van der Waals surface area contributed by atoms with E-state index in [4.69, 9.17) is 9.47 Å². The summed E-state index contributed by atoms with van der Waals surface area (Å²) in [6.07, 6.45) is 3.27. The number of unbranched alkanes of at least 4 members (excludes halogenated alkanes) is 1. The molecule has 2 rings (SSSR count). The van der Waals surface area contributed by atoms with Crippen LogP contribution in [0.4, 0.5) is 0 Å². The number of nitrogens with zero attached hydrogens (tertiary/aromatic N) is 3. The van der Waals surface area contributed by atoms with Crippen molar-refractivity contribution in [2.75, 3.05) is 73.6 Å². The van der Waals surface area contributed by atoms with E-state index in [1.54, 1.807) is 14.2 Å². The van der Waals surface area contributed by atoms with Crippen LogP contribution in [0.3, 0.4) is 0 Å². The lowest BCUT2D eigenvalue weighted by Crippen LogP contribution is -2.46. The summed E-state index contributed by atoms with van der Waals surface area (Å²) < 4.78 is 10.7. The van der Waals surface area contributed by atoms with Crippen LogP contribution >= 0.6 is 0 Å². The summed E-state index contributed by atoms with van der Waals surface area (Å²) >= 11 is 0. The minimum Gasteiger partial charge on any atom is -0.493 e. The topological polar surface area (TPSA) is 61.4 Å². The van der Waals surface area contributed by atoms with E-state index in [0.29, 0.717) is 0 Å². The Morgan fingerprint density at radius 1 is 0.966 bits per heavy atom. The van der Waals surface area contributed by atoms with E-state index in [9.17, 15) is 0 Å². The van der Waals surface area contributed by atoms with Crippen LogP contribution in [-0.2, 0) is 6.42 Å². The highest BCUT2D eigenvalue weighted by atomic mass is 16.5. The van der Waals surface area contributed by atoms with Gasteiger partial charge in [-0.1, -0.05) is 13.0 Å². The van der Waals surface area contributed by atoms with Crippen LogP contribution in [0.25, 0.3) is 0 Å². The first-order valence-electron chi connectivity index (χ1n) is 10.8. The molecule has 0 atom stereocenters. The van der Waals surface area contributed by atoms with Gasteiger partial charge in [-0.3, -0.25) is 4.99 Å². The summed E-state index contributed by atoms with van der Waals surface area (Å²) in [4.78, 5) is 9.43. The smallest absolute Gasteiger partial charge is 0.190 e. The zero-order valence-corrected chi connectivity index (χ0v) is 18.7. The van der Waals surface area contributed by atoms with E-state index in [-0.39, 0.29) is 0 Å². The number of hydrogen-bond acceptors (Lipinski definition) is 5. The molecule has 1 aliphatic rings. The minimum absolute atomic E-state index is 0.758. The molecule has 1 aromatic rings. The second-order valence-electron chi connectivity index (χ2n) is 7.35. The van der Waals surface area contributed by atoms with Crippen LogP contribution in [0.15, 0.2) is 23.2 Å². The molecule has 7 nitrogen and oxygen atoms in total. The number of rotatable bonds is 11. The average molecular weight is 406 g/mol. The predicted octanol–water partition coefficient (Wildman–Crippen LogP) is 1.83. The Labute approximate surface area is 176 Å². The second kappa shape index (κ2) is 13.3. The summed E-state index contributed by atoms with van der Waals surface area (Å²) in [6, 6.07) is 6.04. The first kappa shape index (κ1) is 23.3. The van der Waals surface area contributed by atoms with Crippen LogP contribution in [0, 0.1) is 0 Å². The summed E-state index contributed by atoms with van der Waals surface area (Å²) in [6.45, 7) is 11.2. The Balaban J connectivity index is 1.58. The Kier molecular flexibility index (Phi) is 10.7. The van der Waals surface area contributed by atoms with E-state index < -0.39 is 0 Å². The average Bonchev–Trinajstić information content (AvgIpc) is 2.77. The van der Waals surface area contributed by atoms with Gasteiger partial charge in [0, 0.05) is 46.3 Å². The van der Waals surface area contributed by atoms with Gasteiger partial charge in [-0.05, 0) is 50.0 Å². The summed E-state index contributed by atoms with van der Waals surface area (Å²) in [5.74, 6) is 2.39. The number of piperazine rings is 1. The normalized spacial score (nSPS) is 15.9. The zero-order valence-electron chi connectivity index (χ0n) is 18.7. The monoisotopic (exact) mass is 405 g/mol. The van der Waals surface area contributed by atoms with Gasteiger partial charge in [-0.25, -0.2) is 0 Å². The van der Waals surface area contributed by atoms with Gasteiger partial charge in [0.1, 0.15) is 0 Å². The maximum Gasteiger partial charge on any atom is 0.190 e. The van der Waals surface area contributed by atoms with Crippen LogP contribution in [0.2, 0.25) is 0 Å². The Bertz CT molecular complexity index is 615. The lowest BCUT2D eigenvalue weighted by molar-refractivity contribution is 0.136. The van der Waals surface area contributed by atoms with Gasteiger partial charge in [-0.15, -0.1) is 0 Å². The highest BCUT2D eigenvalue weighted by molar-refractivity contribution is 5.79. The molecule has 0 spiro atoms. The molecule has 1 fully saturated rings. The van der Waals surface area contributed by atoms with Gasteiger partial charge in [0.05, 0.1) is 14.2 Å². The molecular weight excluding hydrogens is 366 g/mol. The Hall–Kier alpha value is -1.99. The van der Waals surface area contributed by atoms with Gasteiger partial charge in [0.2, 0.25) is 0 Å². The van der Waals surface area contributed by atoms with Crippen molar-refractivity contribution in [2.45, 2.75) is 26.2 Å². The molecule has 0 amide bonds. The molecule has 0 aromatic heterocycles. The third-order valence-electron chi connectivity index (χ3n) is 5.48. The molecule has 0 unspecified atom stereocenters. The van der Waals surface area contributed by atoms with E-state index in [2.05, 4.69) is 38.4 Å². The molecule has 0 radical (unpaired) electrons. The number of ether oxygens (including phenoxy) is 2. The van der Waals surface area contributed by atoms with Gasteiger partial charge in [0.15, 0.2) is 17.5 Å². The number of benzene rings is 1. The van der Waals surface area contributed by atoms with Gasteiger partial charge < -0.3 is 29.9 Å². The summed E-state index contributed by atoms with van der Waals surface area (Å²) in [5, 5.41) is 6.80. The van der Waals surface area contributed by atoms with E-state index in [0.717, 1.165) is 43.4 Å². The molecule has 1 aromatic carbocycles. The van der Waals surface area contributed by atoms with Crippen molar-refractivity contribution in [3.63, 3.8) is 0 Å². The third-order valence-corrected chi connectivity index (χ3v) is 5.48. The molecule has 29 heavy (non-hydrogen) atoms. The largest absolute Gasteiger partial charge is 0.493 e. The quantitative estimate of drug-likeness (QED) is 0.333. The molecule has 2 N–H and O–H groups in total. The van der Waals surface area contributed by atoms with Crippen LogP contribution in [0.1, 0.15) is 25.3 Å². The maximum absolute atomic E-state index is 5.37. The number of hydrogen-bond donors (Lipinski definition) is 2. The molecule has 0 bridgehead atoms. The lowest BCUT2D eigenvalue weighted by Gasteiger charge is -2.34. The molecule has 1 heterocycles. The highest BCUT2D eigenvalue weighted by Crippen LogP contribution is 2.27. The van der Waals surface area contributed by atoms with Gasteiger partial charge in [0.25, 0.3) is 0 Å². The third kappa shape index (κ3) is 8.11. The van der Waals surface area contributed by atoms with Crippen molar-refractivity contribution in [1.82, 2.24) is 20.4 Å². The number of methoxy groups -OCH3 is 2. The fourth-order valence-corrected chi connectivity index (χ4v) is 3.58. The molecular formula is C22H39N5O2. The molecule has 164 valence electrons.